The van der Waals surface area contributed by atoms with E-state index in [9.17, 15) is 4.79 Å². The third-order valence-electron chi connectivity index (χ3n) is 6.01. The number of hydrogen-bond acceptors (Lipinski definition) is 4. The van der Waals surface area contributed by atoms with E-state index in [1.807, 2.05) is 61.5 Å². The number of ketones is 1. The molecule has 3 rings (SSSR count). The van der Waals surface area contributed by atoms with Crippen molar-refractivity contribution in [1.82, 2.24) is 9.88 Å². The number of carbonyl (C=O) groups excluding carboxylic acids is 1. The van der Waals surface area contributed by atoms with Crippen molar-refractivity contribution < 1.29 is 9.53 Å². The highest BCUT2D eigenvalue weighted by atomic mass is 16.5. The van der Waals surface area contributed by atoms with Gasteiger partial charge in [0.05, 0.1) is 5.69 Å². The monoisotopic (exact) mass is 428 g/mol. The summed E-state index contributed by atoms with van der Waals surface area (Å²) in [6.07, 6.45) is 5.14. The molecule has 3 aromatic rings. The number of pyridine rings is 1. The van der Waals surface area contributed by atoms with E-state index in [2.05, 4.69) is 50.0 Å². The molecule has 1 unspecified atom stereocenters. The molecular weight excluding hydrogens is 396 g/mol. The van der Waals surface area contributed by atoms with Crippen molar-refractivity contribution in [2.75, 3.05) is 14.1 Å². The first kappa shape index (κ1) is 23.3. The fourth-order valence-corrected chi connectivity index (χ4v) is 3.67. The van der Waals surface area contributed by atoms with E-state index in [0.717, 1.165) is 11.4 Å². The third-order valence-corrected chi connectivity index (χ3v) is 6.01. The van der Waals surface area contributed by atoms with Crippen molar-refractivity contribution in [1.29, 1.82) is 0 Å². The topological polar surface area (TPSA) is 42.4 Å². The van der Waals surface area contributed by atoms with Gasteiger partial charge in [-0.25, -0.2) is 0 Å². The first-order valence-electron chi connectivity index (χ1n) is 10.9. The van der Waals surface area contributed by atoms with Crippen molar-refractivity contribution in [3.63, 3.8) is 0 Å². The summed E-state index contributed by atoms with van der Waals surface area (Å²) in [6, 6.07) is 22.1. The predicted molar refractivity (Wildman–Crippen MR) is 130 cm³/mol. The van der Waals surface area contributed by atoms with Gasteiger partial charge in [-0.15, -0.1) is 0 Å². The normalized spacial score (nSPS) is 13.2. The summed E-state index contributed by atoms with van der Waals surface area (Å²) in [5.41, 5.74) is 3.79. The molecular formula is C28H32N2O2. The van der Waals surface area contributed by atoms with Gasteiger partial charge in [0.15, 0.2) is 5.78 Å². The Hall–Kier alpha value is -3.40. The van der Waals surface area contributed by atoms with Crippen LogP contribution in [0.4, 0.5) is 0 Å². The molecule has 0 saturated heterocycles. The zero-order valence-electron chi connectivity index (χ0n) is 19.6. The second-order valence-corrected chi connectivity index (χ2v) is 8.71. The SMILES string of the molecule is CC(C)C(C)(c1ccc(OCc2ccccn2)cc1)c1ccc(C(=O)C=CN(C)C)cc1. The number of hydrogen-bond donors (Lipinski definition) is 0. The molecule has 4 nitrogen and oxygen atoms in total. The van der Waals surface area contributed by atoms with Crippen LogP contribution in [-0.4, -0.2) is 29.8 Å². The Kier molecular flexibility index (Phi) is 7.47. The first-order chi connectivity index (χ1) is 15.3. The molecule has 0 aliphatic rings. The second kappa shape index (κ2) is 10.3. The van der Waals surface area contributed by atoms with Gasteiger partial charge in [0.2, 0.25) is 0 Å². The molecule has 4 heteroatoms. The van der Waals surface area contributed by atoms with Crippen LogP contribution in [0.15, 0.2) is 85.2 Å². The molecule has 0 saturated carbocycles. The molecule has 0 aliphatic heterocycles. The zero-order chi connectivity index (χ0) is 23.1. The molecule has 0 fully saturated rings. The van der Waals surface area contributed by atoms with Gasteiger partial charge in [-0.3, -0.25) is 9.78 Å². The molecule has 0 bridgehead atoms. The van der Waals surface area contributed by atoms with Gasteiger partial charge in [-0.2, -0.15) is 0 Å². The molecule has 0 aliphatic carbocycles. The molecule has 32 heavy (non-hydrogen) atoms. The lowest BCUT2D eigenvalue weighted by molar-refractivity contribution is 0.104. The number of allylic oxidation sites excluding steroid dienone is 1. The summed E-state index contributed by atoms with van der Waals surface area (Å²) in [7, 11) is 3.80. The Morgan fingerprint density at radius 2 is 1.62 bits per heavy atom. The van der Waals surface area contributed by atoms with E-state index in [-0.39, 0.29) is 11.2 Å². The Bertz CT molecular complexity index is 1040. The first-order valence-corrected chi connectivity index (χ1v) is 10.9. The van der Waals surface area contributed by atoms with Crippen LogP contribution in [0.3, 0.4) is 0 Å². The van der Waals surface area contributed by atoms with Crippen molar-refractivity contribution in [3.8, 4) is 5.75 Å². The number of aromatic nitrogens is 1. The van der Waals surface area contributed by atoms with Crippen molar-refractivity contribution in [2.24, 2.45) is 5.92 Å². The second-order valence-electron chi connectivity index (χ2n) is 8.71. The van der Waals surface area contributed by atoms with Crippen LogP contribution in [-0.2, 0) is 12.0 Å². The fraction of sp³-hybridized carbons (Fsp3) is 0.286. The lowest BCUT2D eigenvalue weighted by atomic mass is 9.68. The maximum absolute atomic E-state index is 12.4. The van der Waals surface area contributed by atoms with Crippen LogP contribution in [0, 0.1) is 5.92 Å². The van der Waals surface area contributed by atoms with Gasteiger partial charge in [-0.1, -0.05) is 63.2 Å². The van der Waals surface area contributed by atoms with E-state index in [4.69, 9.17) is 4.74 Å². The van der Waals surface area contributed by atoms with Crippen molar-refractivity contribution in [2.45, 2.75) is 32.8 Å². The summed E-state index contributed by atoms with van der Waals surface area (Å²) in [4.78, 5) is 18.5. The fourth-order valence-electron chi connectivity index (χ4n) is 3.67. The van der Waals surface area contributed by atoms with Crippen molar-refractivity contribution >= 4 is 5.78 Å². The molecule has 0 amide bonds. The van der Waals surface area contributed by atoms with Gasteiger partial charge in [0.1, 0.15) is 12.4 Å². The highest BCUT2D eigenvalue weighted by Crippen LogP contribution is 2.39. The lowest BCUT2D eigenvalue weighted by Gasteiger charge is -2.35. The number of rotatable bonds is 9. The minimum atomic E-state index is -0.194. The highest BCUT2D eigenvalue weighted by molar-refractivity contribution is 6.04. The summed E-state index contributed by atoms with van der Waals surface area (Å²) >= 11 is 0. The highest BCUT2D eigenvalue weighted by Gasteiger charge is 2.32. The van der Waals surface area contributed by atoms with Crippen molar-refractivity contribution in [3.05, 3.63) is 108 Å². The van der Waals surface area contributed by atoms with Crippen LogP contribution >= 0.6 is 0 Å². The van der Waals surface area contributed by atoms with Gasteiger partial charge in [0, 0.05) is 43.5 Å². The standard InChI is InChI=1S/C28H32N2O2/c1-21(2)28(3,23-11-9-22(10-12-23)27(31)17-19-30(4)5)24-13-15-26(16-14-24)32-20-25-8-6-7-18-29-25/h6-19,21H,20H2,1-5H3. The number of benzene rings is 2. The lowest BCUT2D eigenvalue weighted by Crippen LogP contribution is -2.30. The molecule has 166 valence electrons. The van der Waals surface area contributed by atoms with Crippen LogP contribution in [0.25, 0.3) is 0 Å². The van der Waals surface area contributed by atoms with Gasteiger partial charge >= 0.3 is 0 Å². The molecule has 0 N–H and O–H groups in total. The van der Waals surface area contributed by atoms with Crippen LogP contribution in [0.5, 0.6) is 5.75 Å². The van der Waals surface area contributed by atoms with E-state index >= 15 is 0 Å². The van der Waals surface area contributed by atoms with E-state index in [1.165, 1.54) is 11.1 Å². The van der Waals surface area contributed by atoms with Gasteiger partial charge < -0.3 is 9.64 Å². The number of ether oxygens (including phenoxy) is 1. The summed E-state index contributed by atoms with van der Waals surface area (Å²) < 4.78 is 5.90. The molecule has 0 spiro atoms. The summed E-state index contributed by atoms with van der Waals surface area (Å²) in [5, 5.41) is 0. The smallest absolute Gasteiger partial charge is 0.187 e. The average Bonchev–Trinajstić information content (AvgIpc) is 2.81. The molecule has 1 heterocycles. The molecule has 1 atom stereocenters. The number of nitrogens with zero attached hydrogens (tertiary/aromatic N) is 2. The maximum Gasteiger partial charge on any atom is 0.187 e. The summed E-state index contributed by atoms with van der Waals surface area (Å²) in [6.45, 7) is 7.15. The van der Waals surface area contributed by atoms with Gasteiger partial charge in [0.25, 0.3) is 0 Å². The van der Waals surface area contributed by atoms with Crippen LogP contribution in [0.2, 0.25) is 0 Å². The minimum Gasteiger partial charge on any atom is -0.487 e. The Morgan fingerprint density at radius 1 is 1.00 bits per heavy atom. The minimum absolute atomic E-state index is 0.00547. The zero-order valence-corrected chi connectivity index (χ0v) is 19.6. The Labute approximate surface area is 191 Å². The largest absolute Gasteiger partial charge is 0.487 e. The van der Waals surface area contributed by atoms with E-state index in [1.54, 1.807) is 18.5 Å². The predicted octanol–water partition coefficient (Wildman–Crippen LogP) is 5.88. The Balaban J connectivity index is 1.79. The van der Waals surface area contributed by atoms with E-state index < -0.39 is 0 Å². The van der Waals surface area contributed by atoms with Crippen LogP contribution in [0.1, 0.15) is 48.0 Å². The van der Waals surface area contributed by atoms with E-state index in [0.29, 0.717) is 18.1 Å². The Morgan fingerprint density at radius 3 is 2.16 bits per heavy atom. The number of carbonyl (C=O) groups is 1. The third kappa shape index (κ3) is 5.44. The average molecular weight is 429 g/mol. The quantitative estimate of drug-likeness (QED) is 0.315. The summed E-state index contributed by atoms with van der Waals surface area (Å²) in [5.74, 6) is 1.18. The van der Waals surface area contributed by atoms with Gasteiger partial charge in [-0.05, 0) is 41.3 Å². The maximum atomic E-state index is 12.4. The molecule has 2 aromatic carbocycles. The molecule has 0 radical (unpaired) electrons. The van der Waals surface area contributed by atoms with Crippen LogP contribution < -0.4 is 4.74 Å². The molecule has 1 aromatic heterocycles.